The van der Waals surface area contributed by atoms with Gasteiger partial charge in [-0.15, -0.1) is 0 Å². The zero-order valence-electron chi connectivity index (χ0n) is 10.8. The zero-order valence-corrected chi connectivity index (χ0v) is 10.8. The lowest BCUT2D eigenvalue weighted by Crippen LogP contribution is -2.25. The van der Waals surface area contributed by atoms with Crippen molar-refractivity contribution < 1.29 is 0 Å². The average molecular weight is 234 g/mol. The van der Waals surface area contributed by atoms with Crippen LogP contribution in [0.5, 0.6) is 0 Å². The van der Waals surface area contributed by atoms with Crippen LogP contribution in [0.25, 0.3) is 0 Å². The number of hydrogen-bond donors (Lipinski definition) is 0. The number of benzene rings is 2. The smallest absolute Gasteiger partial charge is 0.0110 e. The lowest BCUT2D eigenvalue weighted by molar-refractivity contribution is 0.273. The Bertz CT molecular complexity index is 578. The summed E-state index contributed by atoms with van der Waals surface area (Å²) in [5.74, 6) is 0.695. The molecular weight excluding hydrogens is 216 g/mol. The summed E-state index contributed by atoms with van der Waals surface area (Å²) in [5.41, 5.74) is 6.80. The van der Waals surface area contributed by atoms with E-state index in [1.807, 2.05) is 0 Å². The standard InChI is InChI=1S/C18H18/c1-13-17-9-5-4-8-16(17)12-18(13)10-14-6-2-3-7-15(14)11-18/h2-9,13H,10-12H2,1H3. The van der Waals surface area contributed by atoms with Gasteiger partial charge in [0.2, 0.25) is 0 Å². The molecule has 1 atom stereocenters. The van der Waals surface area contributed by atoms with Gasteiger partial charge >= 0.3 is 0 Å². The zero-order chi connectivity index (χ0) is 12.2. The molecule has 0 saturated carbocycles. The van der Waals surface area contributed by atoms with Crippen LogP contribution in [0.2, 0.25) is 0 Å². The van der Waals surface area contributed by atoms with E-state index < -0.39 is 0 Å². The fourth-order valence-electron chi connectivity index (χ4n) is 4.13. The normalized spacial score (nSPS) is 23.1. The van der Waals surface area contributed by atoms with E-state index in [1.165, 1.54) is 19.3 Å². The van der Waals surface area contributed by atoms with Gasteiger partial charge in [0.05, 0.1) is 0 Å². The molecule has 2 aliphatic rings. The minimum atomic E-state index is 0.466. The van der Waals surface area contributed by atoms with Crippen LogP contribution in [0.15, 0.2) is 48.5 Å². The van der Waals surface area contributed by atoms with Crippen LogP contribution in [0.1, 0.15) is 35.1 Å². The third-order valence-corrected chi connectivity index (χ3v) is 5.19. The highest BCUT2D eigenvalue weighted by Gasteiger charge is 2.46. The summed E-state index contributed by atoms with van der Waals surface area (Å²) in [6.07, 6.45) is 3.79. The molecule has 0 aromatic heterocycles. The topological polar surface area (TPSA) is 0 Å². The summed E-state index contributed by atoms with van der Waals surface area (Å²) in [4.78, 5) is 0. The minimum absolute atomic E-state index is 0.466. The van der Waals surface area contributed by atoms with Crippen LogP contribution in [0, 0.1) is 5.41 Å². The van der Waals surface area contributed by atoms with Crippen LogP contribution in [-0.4, -0.2) is 0 Å². The van der Waals surface area contributed by atoms with Crippen molar-refractivity contribution in [3.05, 3.63) is 70.8 Å². The van der Waals surface area contributed by atoms with Gasteiger partial charge in [0.1, 0.15) is 0 Å². The first-order valence-electron chi connectivity index (χ1n) is 6.93. The van der Waals surface area contributed by atoms with Gasteiger partial charge in [0.25, 0.3) is 0 Å². The number of hydrogen-bond acceptors (Lipinski definition) is 0. The fourth-order valence-corrected chi connectivity index (χ4v) is 4.13. The molecule has 0 nitrogen and oxygen atoms in total. The molecule has 0 bridgehead atoms. The van der Waals surface area contributed by atoms with Crippen molar-refractivity contribution in [2.45, 2.75) is 32.1 Å². The van der Waals surface area contributed by atoms with Crippen LogP contribution < -0.4 is 0 Å². The van der Waals surface area contributed by atoms with Gasteiger partial charge in [0.15, 0.2) is 0 Å². The highest BCUT2D eigenvalue weighted by molar-refractivity contribution is 5.44. The molecule has 0 heteroatoms. The first-order chi connectivity index (χ1) is 8.78. The summed E-state index contributed by atoms with van der Waals surface area (Å²) in [5, 5.41) is 0. The monoisotopic (exact) mass is 234 g/mol. The maximum absolute atomic E-state index is 2.43. The summed E-state index contributed by atoms with van der Waals surface area (Å²) in [6, 6.07) is 18.0. The van der Waals surface area contributed by atoms with Crippen LogP contribution >= 0.6 is 0 Å². The molecule has 0 heterocycles. The summed E-state index contributed by atoms with van der Waals surface area (Å²) in [6.45, 7) is 2.43. The average Bonchev–Trinajstić information content (AvgIpc) is 2.89. The highest BCUT2D eigenvalue weighted by Crippen LogP contribution is 2.54. The molecule has 0 radical (unpaired) electrons. The molecule has 0 N–H and O–H groups in total. The third-order valence-electron chi connectivity index (χ3n) is 5.19. The molecule has 0 saturated heterocycles. The minimum Gasteiger partial charge on any atom is -0.0620 e. The third kappa shape index (κ3) is 1.26. The second-order valence-corrected chi connectivity index (χ2v) is 6.08. The van der Waals surface area contributed by atoms with E-state index in [9.17, 15) is 0 Å². The molecule has 4 rings (SSSR count). The van der Waals surface area contributed by atoms with Gasteiger partial charge in [-0.1, -0.05) is 55.5 Å². The van der Waals surface area contributed by atoms with Gasteiger partial charge < -0.3 is 0 Å². The lowest BCUT2D eigenvalue weighted by Gasteiger charge is -2.29. The van der Waals surface area contributed by atoms with Gasteiger partial charge in [0, 0.05) is 0 Å². The molecule has 0 aliphatic heterocycles. The molecule has 0 fully saturated rings. The van der Waals surface area contributed by atoms with Gasteiger partial charge in [-0.2, -0.15) is 0 Å². The van der Waals surface area contributed by atoms with Gasteiger partial charge in [-0.25, -0.2) is 0 Å². The molecule has 90 valence electrons. The Balaban J connectivity index is 1.78. The van der Waals surface area contributed by atoms with E-state index in [0.717, 1.165) is 0 Å². The molecule has 2 aliphatic carbocycles. The largest absolute Gasteiger partial charge is 0.0620 e. The van der Waals surface area contributed by atoms with Crippen LogP contribution in [-0.2, 0) is 19.3 Å². The Labute approximate surface area is 109 Å². The van der Waals surface area contributed by atoms with Crippen LogP contribution in [0.4, 0.5) is 0 Å². The molecule has 2 aromatic rings. The van der Waals surface area contributed by atoms with Gasteiger partial charge in [-0.3, -0.25) is 0 Å². The predicted molar refractivity (Wildman–Crippen MR) is 74.8 cm³/mol. The Kier molecular flexibility index (Phi) is 2.00. The van der Waals surface area contributed by atoms with E-state index in [0.29, 0.717) is 11.3 Å². The van der Waals surface area contributed by atoms with E-state index in [-0.39, 0.29) is 0 Å². The van der Waals surface area contributed by atoms with Crippen LogP contribution in [0.3, 0.4) is 0 Å². The molecule has 1 unspecified atom stereocenters. The number of rotatable bonds is 0. The Morgan fingerprint density at radius 2 is 1.28 bits per heavy atom. The summed E-state index contributed by atoms with van der Waals surface area (Å²) < 4.78 is 0. The molecular formula is C18H18. The van der Waals surface area contributed by atoms with Crippen molar-refractivity contribution in [2.75, 3.05) is 0 Å². The SMILES string of the molecule is CC1c2ccccc2CC12Cc1ccccc1C2. The summed E-state index contributed by atoms with van der Waals surface area (Å²) >= 11 is 0. The van der Waals surface area contributed by atoms with Crippen molar-refractivity contribution in [2.24, 2.45) is 5.41 Å². The van der Waals surface area contributed by atoms with Crippen molar-refractivity contribution in [3.63, 3.8) is 0 Å². The second-order valence-electron chi connectivity index (χ2n) is 6.08. The Morgan fingerprint density at radius 1 is 0.778 bits per heavy atom. The maximum Gasteiger partial charge on any atom is -0.0110 e. The molecule has 18 heavy (non-hydrogen) atoms. The van der Waals surface area contributed by atoms with E-state index in [4.69, 9.17) is 0 Å². The van der Waals surface area contributed by atoms with Crippen molar-refractivity contribution in [3.8, 4) is 0 Å². The Morgan fingerprint density at radius 3 is 1.89 bits per heavy atom. The quantitative estimate of drug-likeness (QED) is 0.643. The van der Waals surface area contributed by atoms with E-state index >= 15 is 0 Å². The van der Waals surface area contributed by atoms with E-state index in [2.05, 4.69) is 55.5 Å². The first-order valence-corrected chi connectivity index (χ1v) is 6.93. The first kappa shape index (κ1) is 10.4. The Hall–Kier alpha value is -1.56. The fraction of sp³-hybridized carbons (Fsp3) is 0.333. The molecule has 2 aromatic carbocycles. The summed E-state index contributed by atoms with van der Waals surface area (Å²) in [7, 11) is 0. The van der Waals surface area contributed by atoms with Crippen molar-refractivity contribution in [1.82, 2.24) is 0 Å². The maximum atomic E-state index is 2.43. The molecule has 1 spiro atoms. The van der Waals surface area contributed by atoms with Crippen molar-refractivity contribution >= 4 is 0 Å². The second kappa shape index (κ2) is 3.47. The van der Waals surface area contributed by atoms with Crippen molar-refractivity contribution in [1.29, 1.82) is 0 Å². The highest BCUT2D eigenvalue weighted by atomic mass is 14.5. The lowest BCUT2D eigenvalue weighted by atomic mass is 9.74. The van der Waals surface area contributed by atoms with E-state index in [1.54, 1.807) is 22.3 Å². The molecule has 0 amide bonds. The van der Waals surface area contributed by atoms with Gasteiger partial charge in [-0.05, 0) is 52.8 Å². The number of fused-ring (bicyclic) bond motifs is 2. The predicted octanol–water partition coefficient (Wildman–Crippen LogP) is 4.13.